The monoisotopic (exact) mass is 255 g/mol. The molecule has 0 spiro atoms. The van der Waals surface area contributed by atoms with Gasteiger partial charge in [-0.25, -0.2) is 4.79 Å². The molecule has 0 unspecified atom stereocenters. The summed E-state index contributed by atoms with van der Waals surface area (Å²) in [4.78, 5) is 15.1. The number of carboxylic acid groups (broad SMARTS) is 1. The van der Waals surface area contributed by atoms with E-state index >= 15 is 0 Å². The number of rotatable bonds is 10. The number of nitrogens with one attached hydrogen (secondary N) is 1. The molecule has 0 aromatic carbocycles. The second-order valence-electron chi connectivity index (χ2n) is 3.98. The third-order valence-electron chi connectivity index (χ3n) is 2.63. The van der Waals surface area contributed by atoms with Crippen molar-refractivity contribution < 1.29 is 14.7 Å². The average Bonchev–Trinajstić information content (AvgIpc) is 2.25. The fraction of sp³-hybridized carbons (Fsp3) is 0.417. The molecule has 0 aliphatic heterocycles. The zero-order chi connectivity index (χ0) is 13.1. The molecule has 17 heavy (non-hydrogen) atoms. The van der Waals surface area contributed by atoms with Gasteiger partial charge in [-0.05, 0) is 24.2 Å². The van der Waals surface area contributed by atoms with Gasteiger partial charge in [-0.3, -0.25) is 4.84 Å². The van der Waals surface area contributed by atoms with Crippen LogP contribution in [-0.4, -0.2) is 25.9 Å². The summed E-state index contributed by atoms with van der Waals surface area (Å²) in [5.41, 5.74) is 1.91. The van der Waals surface area contributed by atoms with Crippen LogP contribution in [0, 0.1) is 0 Å². The topological polar surface area (TPSA) is 58.6 Å². The SMILES string of the molecule is C=CC[Si](CC=C)(CC=C)CCONC(=O)O. The fourth-order valence-corrected chi connectivity index (χ4v) is 5.34. The minimum absolute atomic E-state index is 0.383. The first kappa shape index (κ1) is 15.7. The van der Waals surface area contributed by atoms with Gasteiger partial charge >= 0.3 is 6.09 Å². The Morgan fingerprint density at radius 1 is 1.18 bits per heavy atom. The molecule has 0 bridgehead atoms. The van der Waals surface area contributed by atoms with Gasteiger partial charge in [-0.1, -0.05) is 18.2 Å². The highest BCUT2D eigenvalue weighted by atomic mass is 28.3. The van der Waals surface area contributed by atoms with Gasteiger partial charge in [0, 0.05) is 0 Å². The van der Waals surface area contributed by atoms with Crippen molar-refractivity contribution in [2.45, 2.75) is 24.2 Å². The van der Waals surface area contributed by atoms with Crippen LogP contribution in [0.15, 0.2) is 38.0 Å². The molecule has 1 amide bonds. The van der Waals surface area contributed by atoms with E-state index in [0.717, 1.165) is 24.2 Å². The fourth-order valence-electron chi connectivity index (χ4n) is 1.86. The van der Waals surface area contributed by atoms with Crippen molar-refractivity contribution in [2.75, 3.05) is 6.61 Å². The van der Waals surface area contributed by atoms with E-state index in [-0.39, 0.29) is 0 Å². The lowest BCUT2D eigenvalue weighted by atomic mass is 10.7. The molecule has 0 heterocycles. The highest BCUT2D eigenvalue weighted by molar-refractivity contribution is 6.81. The molecule has 0 fully saturated rings. The molecule has 0 aromatic heterocycles. The van der Waals surface area contributed by atoms with Crippen LogP contribution >= 0.6 is 0 Å². The van der Waals surface area contributed by atoms with Crippen molar-refractivity contribution in [3.63, 3.8) is 0 Å². The highest BCUT2D eigenvalue weighted by Crippen LogP contribution is 2.27. The van der Waals surface area contributed by atoms with Crippen molar-refractivity contribution in [1.82, 2.24) is 5.48 Å². The minimum atomic E-state index is -1.58. The van der Waals surface area contributed by atoms with E-state index in [2.05, 4.69) is 19.7 Å². The maximum atomic E-state index is 10.2. The van der Waals surface area contributed by atoms with Gasteiger partial charge in [0.2, 0.25) is 0 Å². The number of carbonyl (C=O) groups is 1. The third-order valence-corrected chi connectivity index (χ3v) is 7.35. The molecule has 4 nitrogen and oxygen atoms in total. The largest absolute Gasteiger partial charge is 0.464 e. The highest BCUT2D eigenvalue weighted by Gasteiger charge is 2.28. The maximum absolute atomic E-state index is 10.2. The summed E-state index contributed by atoms with van der Waals surface area (Å²) < 4.78 is 0. The summed E-state index contributed by atoms with van der Waals surface area (Å²) in [5.74, 6) is 0. The summed E-state index contributed by atoms with van der Waals surface area (Å²) in [6, 6.07) is 3.74. The van der Waals surface area contributed by atoms with E-state index in [1.54, 1.807) is 0 Å². The van der Waals surface area contributed by atoms with Gasteiger partial charge in [0.1, 0.15) is 0 Å². The van der Waals surface area contributed by atoms with E-state index in [9.17, 15) is 4.79 Å². The molecular formula is C12H21NO3Si. The Kier molecular flexibility index (Phi) is 8.09. The van der Waals surface area contributed by atoms with Crippen LogP contribution in [0.25, 0.3) is 0 Å². The van der Waals surface area contributed by atoms with E-state index in [4.69, 9.17) is 9.94 Å². The number of hydrogen-bond donors (Lipinski definition) is 2. The van der Waals surface area contributed by atoms with Gasteiger partial charge in [-0.2, -0.15) is 5.48 Å². The number of allylic oxidation sites excluding steroid dienone is 3. The Morgan fingerprint density at radius 3 is 2.00 bits per heavy atom. The Hall–Kier alpha value is -1.33. The molecule has 0 saturated heterocycles. The Balaban J connectivity index is 4.32. The lowest BCUT2D eigenvalue weighted by Gasteiger charge is -2.28. The van der Waals surface area contributed by atoms with Crippen LogP contribution < -0.4 is 5.48 Å². The molecule has 5 heteroatoms. The predicted octanol–water partition coefficient (Wildman–Crippen LogP) is 3.19. The van der Waals surface area contributed by atoms with Crippen molar-refractivity contribution in [3.8, 4) is 0 Å². The van der Waals surface area contributed by atoms with Crippen LogP contribution in [-0.2, 0) is 4.84 Å². The minimum Gasteiger partial charge on any atom is -0.464 e. The van der Waals surface area contributed by atoms with Gasteiger partial charge in [0.25, 0.3) is 0 Å². The first-order valence-electron chi connectivity index (χ1n) is 5.53. The second kappa shape index (κ2) is 8.78. The van der Waals surface area contributed by atoms with Crippen LogP contribution in [0.1, 0.15) is 0 Å². The summed E-state index contributed by atoms with van der Waals surface area (Å²) in [7, 11) is -1.58. The molecule has 0 aliphatic rings. The molecule has 0 atom stereocenters. The second-order valence-corrected chi connectivity index (χ2v) is 8.71. The van der Waals surface area contributed by atoms with Crippen molar-refractivity contribution >= 4 is 14.2 Å². The summed E-state index contributed by atoms with van der Waals surface area (Å²) in [6.45, 7) is 11.7. The van der Waals surface area contributed by atoms with Crippen molar-refractivity contribution in [2.24, 2.45) is 0 Å². The standard InChI is InChI=1S/C12H21NO3Si/c1-4-8-17(9-5-2,10-6-3)11-7-16-13-12(14)15/h4-6,13H,1-3,7-11H2,(H,14,15). The van der Waals surface area contributed by atoms with Gasteiger partial charge in [-0.15, -0.1) is 19.7 Å². The number of hydroxylamine groups is 1. The average molecular weight is 255 g/mol. The Morgan fingerprint density at radius 2 is 1.65 bits per heavy atom. The summed E-state index contributed by atoms with van der Waals surface area (Å²) in [6.07, 6.45) is 4.59. The van der Waals surface area contributed by atoms with Crippen LogP contribution in [0.4, 0.5) is 4.79 Å². The van der Waals surface area contributed by atoms with Crippen LogP contribution in [0.3, 0.4) is 0 Å². The number of amides is 1. The first-order valence-corrected chi connectivity index (χ1v) is 8.36. The smallest absolute Gasteiger partial charge is 0.428 e. The Bertz CT molecular complexity index is 252. The zero-order valence-corrected chi connectivity index (χ0v) is 11.2. The predicted molar refractivity (Wildman–Crippen MR) is 72.7 cm³/mol. The van der Waals surface area contributed by atoms with E-state index in [1.807, 2.05) is 23.7 Å². The summed E-state index contributed by atoms with van der Waals surface area (Å²) in [5, 5.41) is 8.38. The quantitative estimate of drug-likeness (QED) is 0.273. The first-order chi connectivity index (χ1) is 8.10. The summed E-state index contributed by atoms with van der Waals surface area (Å²) >= 11 is 0. The molecule has 0 radical (unpaired) electrons. The van der Waals surface area contributed by atoms with E-state index < -0.39 is 14.2 Å². The van der Waals surface area contributed by atoms with Crippen LogP contribution in [0.5, 0.6) is 0 Å². The van der Waals surface area contributed by atoms with Gasteiger partial charge in [0.05, 0.1) is 14.7 Å². The zero-order valence-electron chi connectivity index (χ0n) is 10.2. The number of hydrogen-bond acceptors (Lipinski definition) is 2. The lowest BCUT2D eigenvalue weighted by Crippen LogP contribution is -2.35. The van der Waals surface area contributed by atoms with E-state index in [0.29, 0.717) is 6.61 Å². The molecule has 2 N–H and O–H groups in total. The molecule has 0 saturated carbocycles. The molecule has 0 aromatic rings. The lowest BCUT2D eigenvalue weighted by molar-refractivity contribution is 0.0497. The van der Waals surface area contributed by atoms with Gasteiger partial charge < -0.3 is 5.11 Å². The van der Waals surface area contributed by atoms with Crippen molar-refractivity contribution in [1.29, 1.82) is 0 Å². The van der Waals surface area contributed by atoms with E-state index in [1.165, 1.54) is 0 Å². The molecular weight excluding hydrogens is 234 g/mol. The van der Waals surface area contributed by atoms with Crippen molar-refractivity contribution in [3.05, 3.63) is 38.0 Å². The normalized spacial score (nSPS) is 10.6. The Labute approximate surface area is 104 Å². The van der Waals surface area contributed by atoms with Crippen LogP contribution in [0.2, 0.25) is 24.2 Å². The third kappa shape index (κ3) is 6.75. The van der Waals surface area contributed by atoms with Gasteiger partial charge in [0.15, 0.2) is 0 Å². The molecule has 0 aliphatic carbocycles. The molecule has 96 valence electrons. The maximum Gasteiger partial charge on any atom is 0.428 e. The molecule has 0 rings (SSSR count).